The lowest BCUT2D eigenvalue weighted by Gasteiger charge is -2.23. The fraction of sp³-hybridized carbons (Fsp3) is 0.867. The fourth-order valence-electron chi connectivity index (χ4n) is 4.12. The first kappa shape index (κ1) is 13.9. The second-order valence-electron chi connectivity index (χ2n) is 6.52. The highest BCUT2D eigenvalue weighted by molar-refractivity contribution is 5.85. The van der Waals surface area contributed by atoms with Crippen LogP contribution in [-0.4, -0.2) is 35.2 Å². The van der Waals surface area contributed by atoms with Gasteiger partial charge in [0, 0.05) is 0 Å². The standard InChI is InChI=1S/C15H23NO4/c1-2-8-5-10(11(6-8)15(18)19)14(17)16-12-7-9-3-4-13(12)20-9/h8-13H,2-7H2,1H3,(H,16,17)(H,18,19)/t8?,9?,10-,11+,12?,13?/m0/s1. The average Bonchev–Trinajstić information content (AvgIpc) is 3.12. The van der Waals surface area contributed by atoms with E-state index in [4.69, 9.17) is 4.74 Å². The topological polar surface area (TPSA) is 75.6 Å². The maximum Gasteiger partial charge on any atom is 0.307 e. The molecule has 3 rings (SSSR count). The third-order valence-electron chi connectivity index (χ3n) is 5.33. The molecule has 4 unspecified atom stereocenters. The van der Waals surface area contributed by atoms with Gasteiger partial charge in [0.1, 0.15) is 0 Å². The molecule has 2 bridgehead atoms. The van der Waals surface area contributed by atoms with E-state index in [1.807, 2.05) is 0 Å². The maximum atomic E-state index is 12.4. The largest absolute Gasteiger partial charge is 0.481 e. The van der Waals surface area contributed by atoms with Crippen LogP contribution in [0.4, 0.5) is 0 Å². The van der Waals surface area contributed by atoms with Gasteiger partial charge in [0.05, 0.1) is 30.1 Å². The van der Waals surface area contributed by atoms with Gasteiger partial charge in [-0.3, -0.25) is 9.59 Å². The summed E-state index contributed by atoms with van der Waals surface area (Å²) in [5, 5.41) is 12.4. The zero-order chi connectivity index (χ0) is 14.3. The molecule has 2 saturated heterocycles. The van der Waals surface area contributed by atoms with Crippen LogP contribution < -0.4 is 5.32 Å². The van der Waals surface area contributed by atoms with E-state index in [1.165, 1.54) is 0 Å². The number of hydrogen-bond donors (Lipinski definition) is 2. The van der Waals surface area contributed by atoms with Crippen LogP contribution in [0.3, 0.4) is 0 Å². The molecular formula is C15H23NO4. The Morgan fingerprint density at radius 3 is 2.50 bits per heavy atom. The Bertz CT molecular complexity index is 411. The molecule has 0 aromatic carbocycles. The molecule has 0 spiro atoms. The highest BCUT2D eigenvalue weighted by Gasteiger charge is 2.45. The number of nitrogens with one attached hydrogen (secondary N) is 1. The number of hydrogen-bond acceptors (Lipinski definition) is 3. The lowest BCUT2D eigenvalue weighted by Crippen LogP contribution is -2.45. The van der Waals surface area contributed by atoms with Gasteiger partial charge < -0.3 is 15.2 Å². The van der Waals surface area contributed by atoms with Gasteiger partial charge in [0.2, 0.25) is 5.91 Å². The molecule has 5 nitrogen and oxygen atoms in total. The quantitative estimate of drug-likeness (QED) is 0.820. The van der Waals surface area contributed by atoms with Gasteiger partial charge in [0.25, 0.3) is 0 Å². The molecule has 0 aromatic rings. The number of amides is 1. The summed E-state index contributed by atoms with van der Waals surface area (Å²) in [7, 11) is 0. The number of aliphatic carboxylic acids is 1. The Hall–Kier alpha value is -1.10. The SMILES string of the molecule is CCC1C[C@H](C(=O)NC2CC3CCC2O3)[C@H](C(=O)O)C1. The molecule has 2 aliphatic heterocycles. The van der Waals surface area contributed by atoms with Gasteiger partial charge in [-0.2, -0.15) is 0 Å². The van der Waals surface area contributed by atoms with Crippen molar-refractivity contribution in [2.45, 2.75) is 63.7 Å². The lowest BCUT2D eigenvalue weighted by atomic mass is 9.92. The van der Waals surface area contributed by atoms with Gasteiger partial charge in [-0.05, 0) is 38.0 Å². The van der Waals surface area contributed by atoms with E-state index in [9.17, 15) is 14.7 Å². The smallest absolute Gasteiger partial charge is 0.307 e. The summed E-state index contributed by atoms with van der Waals surface area (Å²) < 4.78 is 5.73. The van der Waals surface area contributed by atoms with Gasteiger partial charge >= 0.3 is 5.97 Å². The molecule has 5 heteroatoms. The van der Waals surface area contributed by atoms with Crippen molar-refractivity contribution in [1.82, 2.24) is 5.32 Å². The molecule has 3 aliphatic rings. The molecule has 0 radical (unpaired) electrons. The molecule has 112 valence electrons. The third-order valence-corrected chi connectivity index (χ3v) is 5.33. The van der Waals surface area contributed by atoms with Crippen molar-refractivity contribution in [3.63, 3.8) is 0 Å². The van der Waals surface area contributed by atoms with Gasteiger partial charge in [-0.25, -0.2) is 0 Å². The Balaban J connectivity index is 1.62. The Morgan fingerprint density at radius 2 is 1.95 bits per heavy atom. The first-order valence-corrected chi connectivity index (χ1v) is 7.77. The van der Waals surface area contributed by atoms with Crippen molar-refractivity contribution < 1.29 is 19.4 Å². The van der Waals surface area contributed by atoms with Crippen LogP contribution in [0, 0.1) is 17.8 Å². The highest BCUT2D eigenvalue weighted by atomic mass is 16.5. The Morgan fingerprint density at radius 1 is 1.20 bits per heavy atom. The van der Waals surface area contributed by atoms with Crippen molar-refractivity contribution in [2.24, 2.45) is 17.8 Å². The van der Waals surface area contributed by atoms with E-state index in [0.717, 1.165) is 25.7 Å². The number of carboxylic acid groups (broad SMARTS) is 1. The first-order valence-electron chi connectivity index (χ1n) is 7.77. The molecule has 0 aromatic heterocycles. The van der Waals surface area contributed by atoms with Crippen LogP contribution in [0.2, 0.25) is 0 Å². The number of carbonyl (C=O) groups excluding carboxylic acids is 1. The summed E-state index contributed by atoms with van der Waals surface area (Å²) in [6, 6.07) is 0.0939. The van der Waals surface area contributed by atoms with E-state index in [-0.39, 0.29) is 24.0 Å². The monoisotopic (exact) mass is 281 g/mol. The summed E-state index contributed by atoms with van der Waals surface area (Å²) >= 11 is 0. The molecule has 2 N–H and O–H groups in total. The zero-order valence-electron chi connectivity index (χ0n) is 11.9. The van der Waals surface area contributed by atoms with Crippen LogP contribution in [0.1, 0.15) is 45.4 Å². The van der Waals surface area contributed by atoms with E-state index in [0.29, 0.717) is 24.9 Å². The number of carboxylic acids is 1. The second-order valence-corrected chi connectivity index (χ2v) is 6.52. The van der Waals surface area contributed by atoms with Gasteiger partial charge in [-0.15, -0.1) is 0 Å². The van der Waals surface area contributed by atoms with Crippen molar-refractivity contribution in [1.29, 1.82) is 0 Å². The molecule has 1 aliphatic carbocycles. The molecule has 20 heavy (non-hydrogen) atoms. The number of ether oxygens (including phenoxy) is 1. The normalized spacial score (nSPS) is 42.9. The summed E-state index contributed by atoms with van der Waals surface area (Å²) in [5.74, 6) is -1.42. The van der Waals surface area contributed by atoms with E-state index < -0.39 is 11.9 Å². The van der Waals surface area contributed by atoms with E-state index in [2.05, 4.69) is 12.2 Å². The number of fused-ring (bicyclic) bond motifs is 2. The predicted molar refractivity (Wildman–Crippen MR) is 72.1 cm³/mol. The van der Waals surface area contributed by atoms with Crippen LogP contribution >= 0.6 is 0 Å². The predicted octanol–water partition coefficient (Wildman–Crippen LogP) is 1.56. The van der Waals surface area contributed by atoms with Crippen LogP contribution in [-0.2, 0) is 14.3 Å². The van der Waals surface area contributed by atoms with Crippen molar-refractivity contribution in [3.05, 3.63) is 0 Å². The highest BCUT2D eigenvalue weighted by Crippen LogP contribution is 2.39. The fourth-order valence-corrected chi connectivity index (χ4v) is 4.12. The number of carbonyl (C=O) groups is 2. The minimum atomic E-state index is -0.828. The van der Waals surface area contributed by atoms with E-state index in [1.54, 1.807) is 0 Å². The summed E-state index contributed by atoms with van der Waals surface area (Å²) in [6.07, 6.45) is 5.74. The van der Waals surface area contributed by atoms with Crippen LogP contribution in [0.5, 0.6) is 0 Å². The van der Waals surface area contributed by atoms with Crippen LogP contribution in [0.15, 0.2) is 0 Å². The maximum absolute atomic E-state index is 12.4. The lowest BCUT2D eigenvalue weighted by molar-refractivity contribution is -0.146. The molecule has 2 heterocycles. The second kappa shape index (κ2) is 5.35. The average molecular weight is 281 g/mol. The Kier molecular flexibility index (Phi) is 3.71. The molecule has 3 fully saturated rings. The van der Waals surface area contributed by atoms with Crippen LogP contribution in [0.25, 0.3) is 0 Å². The molecule has 6 atom stereocenters. The van der Waals surface area contributed by atoms with Gasteiger partial charge in [0.15, 0.2) is 0 Å². The molecule has 1 saturated carbocycles. The molecule has 1 amide bonds. The van der Waals surface area contributed by atoms with Gasteiger partial charge in [-0.1, -0.05) is 13.3 Å². The van der Waals surface area contributed by atoms with E-state index >= 15 is 0 Å². The van der Waals surface area contributed by atoms with Crippen molar-refractivity contribution in [3.8, 4) is 0 Å². The summed E-state index contributed by atoms with van der Waals surface area (Å²) in [6.45, 7) is 2.06. The summed E-state index contributed by atoms with van der Waals surface area (Å²) in [5.41, 5.74) is 0. The summed E-state index contributed by atoms with van der Waals surface area (Å²) in [4.78, 5) is 23.8. The first-order chi connectivity index (χ1) is 9.58. The number of rotatable bonds is 4. The third kappa shape index (κ3) is 2.43. The zero-order valence-corrected chi connectivity index (χ0v) is 11.9. The minimum Gasteiger partial charge on any atom is -0.481 e. The van der Waals surface area contributed by atoms with Crippen molar-refractivity contribution >= 4 is 11.9 Å². The molecular weight excluding hydrogens is 258 g/mol. The van der Waals surface area contributed by atoms with Crippen molar-refractivity contribution in [2.75, 3.05) is 0 Å². The Labute approximate surface area is 119 Å². The minimum absolute atomic E-state index is 0.0745.